The molecule has 2 heterocycles. The summed E-state index contributed by atoms with van der Waals surface area (Å²) in [4.78, 5) is 15.0. The molecule has 2 aromatic carbocycles. The summed E-state index contributed by atoms with van der Waals surface area (Å²) in [5.74, 6) is 0.127. The average molecular weight is 410 g/mol. The summed E-state index contributed by atoms with van der Waals surface area (Å²) in [5, 5.41) is 0.898. The molecule has 0 radical (unpaired) electrons. The summed E-state index contributed by atoms with van der Waals surface area (Å²) in [6.07, 6.45) is 4.29. The lowest BCUT2D eigenvalue weighted by molar-refractivity contribution is 0.0689. The van der Waals surface area contributed by atoms with Crippen molar-refractivity contribution in [1.29, 1.82) is 0 Å². The van der Waals surface area contributed by atoms with Crippen LogP contribution in [0.1, 0.15) is 28.1 Å². The standard InChI is InChI=1S/C23H23NO4S/c1-17-20-11-5-6-12-21(20)28-22(17)23(25)24(19-13-15-29(26,27)16-19)14-7-10-18-8-3-2-4-9-18/h2-12,19H,13-16H2,1H3/b10-7+. The summed E-state index contributed by atoms with van der Waals surface area (Å²) in [6.45, 7) is 2.19. The normalized spacial score (nSPS) is 18.4. The Morgan fingerprint density at radius 3 is 2.55 bits per heavy atom. The Morgan fingerprint density at radius 2 is 1.86 bits per heavy atom. The molecule has 1 saturated heterocycles. The van der Waals surface area contributed by atoms with Crippen molar-refractivity contribution < 1.29 is 17.6 Å². The van der Waals surface area contributed by atoms with Gasteiger partial charge in [-0.15, -0.1) is 0 Å². The van der Waals surface area contributed by atoms with E-state index in [9.17, 15) is 13.2 Å². The third-order valence-corrected chi connectivity index (χ3v) is 7.11. The van der Waals surface area contributed by atoms with Crippen molar-refractivity contribution in [2.24, 2.45) is 0 Å². The van der Waals surface area contributed by atoms with Crippen molar-refractivity contribution in [2.45, 2.75) is 19.4 Å². The van der Waals surface area contributed by atoms with Gasteiger partial charge < -0.3 is 9.32 Å². The molecule has 0 spiro atoms. The maximum Gasteiger partial charge on any atom is 0.290 e. The monoisotopic (exact) mass is 409 g/mol. The Hall–Kier alpha value is -2.86. The van der Waals surface area contributed by atoms with Crippen LogP contribution in [0.25, 0.3) is 17.0 Å². The zero-order valence-electron chi connectivity index (χ0n) is 16.2. The summed E-state index contributed by atoms with van der Waals surface area (Å²) in [6, 6.07) is 17.0. The molecular formula is C23H23NO4S. The zero-order chi connectivity index (χ0) is 20.4. The van der Waals surface area contributed by atoms with Crippen LogP contribution in [-0.2, 0) is 9.84 Å². The van der Waals surface area contributed by atoms with E-state index in [4.69, 9.17) is 4.42 Å². The highest BCUT2D eigenvalue weighted by Crippen LogP contribution is 2.28. The first-order valence-corrected chi connectivity index (χ1v) is 11.5. The van der Waals surface area contributed by atoms with E-state index in [-0.39, 0.29) is 29.2 Å². The van der Waals surface area contributed by atoms with Gasteiger partial charge in [0.15, 0.2) is 15.6 Å². The number of carbonyl (C=O) groups is 1. The van der Waals surface area contributed by atoms with Crippen LogP contribution in [-0.4, -0.2) is 43.3 Å². The van der Waals surface area contributed by atoms with Crippen LogP contribution in [0.2, 0.25) is 0 Å². The Bertz CT molecular complexity index is 1160. The van der Waals surface area contributed by atoms with Crippen LogP contribution in [0.4, 0.5) is 0 Å². The van der Waals surface area contributed by atoms with Crippen molar-refractivity contribution in [2.75, 3.05) is 18.1 Å². The molecule has 1 aromatic heterocycles. The summed E-state index contributed by atoms with van der Waals surface area (Å²) in [5.41, 5.74) is 2.47. The second-order valence-electron chi connectivity index (χ2n) is 7.38. The lowest BCUT2D eigenvalue weighted by Crippen LogP contribution is -2.41. The fraction of sp³-hybridized carbons (Fsp3) is 0.261. The fourth-order valence-corrected chi connectivity index (χ4v) is 5.52. The third kappa shape index (κ3) is 4.12. The van der Waals surface area contributed by atoms with E-state index in [0.717, 1.165) is 16.5 Å². The lowest BCUT2D eigenvalue weighted by atomic mass is 10.1. The average Bonchev–Trinajstić information content (AvgIpc) is 3.25. The van der Waals surface area contributed by atoms with Crippen molar-refractivity contribution in [1.82, 2.24) is 4.90 Å². The number of aryl methyl sites for hydroxylation is 1. The van der Waals surface area contributed by atoms with Crippen molar-refractivity contribution in [3.05, 3.63) is 77.6 Å². The Balaban J connectivity index is 1.64. The van der Waals surface area contributed by atoms with Gasteiger partial charge in [-0.05, 0) is 25.0 Å². The number of carbonyl (C=O) groups excluding carboxylic acids is 1. The third-order valence-electron chi connectivity index (χ3n) is 5.36. The molecule has 0 N–H and O–H groups in total. The second kappa shape index (κ2) is 7.87. The van der Waals surface area contributed by atoms with Gasteiger partial charge in [0.25, 0.3) is 5.91 Å². The number of furan rings is 1. The van der Waals surface area contributed by atoms with Gasteiger partial charge in [0.2, 0.25) is 0 Å². The Labute approximate surface area is 170 Å². The largest absolute Gasteiger partial charge is 0.451 e. The molecule has 0 bridgehead atoms. The predicted molar refractivity (Wildman–Crippen MR) is 115 cm³/mol. The molecule has 1 aliphatic rings. The van der Waals surface area contributed by atoms with Gasteiger partial charge >= 0.3 is 0 Å². The topological polar surface area (TPSA) is 67.6 Å². The maximum absolute atomic E-state index is 13.4. The van der Waals surface area contributed by atoms with Gasteiger partial charge in [-0.3, -0.25) is 4.79 Å². The smallest absolute Gasteiger partial charge is 0.290 e. The fourth-order valence-electron chi connectivity index (χ4n) is 3.79. The molecule has 4 rings (SSSR count). The van der Waals surface area contributed by atoms with Gasteiger partial charge in [0, 0.05) is 23.5 Å². The number of fused-ring (bicyclic) bond motifs is 1. The van der Waals surface area contributed by atoms with Crippen LogP contribution in [0, 0.1) is 6.92 Å². The molecule has 1 amide bonds. The summed E-state index contributed by atoms with van der Waals surface area (Å²) >= 11 is 0. The van der Waals surface area contributed by atoms with Crippen molar-refractivity contribution in [3.8, 4) is 0 Å². The van der Waals surface area contributed by atoms with E-state index < -0.39 is 9.84 Å². The van der Waals surface area contributed by atoms with Gasteiger partial charge in [-0.2, -0.15) is 0 Å². The van der Waals surface area contributed by atoms with Crippen LogP contribution in [0.3, 0.4) is 0 Å². The quantitative estimate of drug-likeness (QED) is 0.637. The molecule has 3 aromatic rings. The molecule has 29 heavy (non-hydrogen) atoms. The molecule has 1 atom stereocenters. The van der Waals surface area contributed by atoms with E-state index in [1.54, 1.807) is 4.90 Å². The van der Waals surface area contributed by atoms with Crippen LogP contribution in [0.15, 0.2) is 65.1 Å². The minimum atomic E-state index is -3.12. The highest BCUT2D eigenvalue weighted by Gasteiger charge is 2.36. The van der Waals surface area contributed by atoms with Crippen molar-refractivity contribution >= 4 is 32.8 Å². The van der Waals surface area contributed by atoms with E-state index in [1.165, 1.54) is 0 Å². The SMILES string of the molecule is Cc1c(C(=O)N(C/C=C/c2ccccc2)C2CCS(=O)(=O)C2)oc2ccccc12. The Morgan fingerprint density at radius 1 is 1.14 bits per heavy atom. The number of nitrogens with zero attached hydrogens (tertiary/aromatic N) is 1. The molecule has 1 aliphatic heterocycles. The van der Waals surface area contributed by atoms with Gasteiger partial charge in [0.05, 0.1) is 11.5 Å². The number of para-hydroxylation sites is 1. The Kier molecular flexibility index (Phi) is 5.28. The first-order chi connectivity index (χ1) is 13.9. The molecular weight excluding hydrogens is 386 g/mol. The molecule has 1 fully saturated rings. The van der Waals surface area contributed by atoms with E-state index in [2.05, 4.69) is 0 Å². The summed E-state index contributed by atoms with van der Waals surface area (Å²) < 4.78 is 29.9. The number of rotatable bonds is 5. The van der Waals surface area contributed by atoms with E-state index in [0.29, 0.717) is 18.5 Å². The zero-order valence-corrected chi connectivity index (χ0v) is 17.1. The highest BCUT2D eigenvalue weighted by atomic mass is 32.2. The maximum atomic E-state index is 13.4. The second-order valence-corrected chi connectivity index (χ2v) is 9.61. The number of benzene rings is 2. The summed E-state index contributed by atoms with van der Waals surface area (Å²) in [7, 11) is -3.12. The van der Waals surface area contributed by atoms with Crippen LogP contribution >= 0.6 is 0 Å². The van der Waals surface area contributed by atoms with Crippen LogP contribution < -0.4 is 0 Å². The molecule has 0 aliphatic carbocycles. The molecule has 150 valence electrons. The highest BCUT2D eigenvalue weighted by molar-refractivity contribution is 7.91. The number of amides is 1. The number of sulfone groups is 1. The minimum Gasteiger partial charge on any atom is -0.451 e. The molecule has 5 nitrogen and oxygen atoms in total. The van der Waals surface area contributed by atoms with Crippen molar-refractivity contribution in [3.63, 3.8) is 0 Å². The first-order valence-electron chi connectivity index (χ1n) is 9.66. The first kappa shape index (κ1) is 19.5. The number of hydrogen-bond acceptors (Lipinski definition) is 4. The number of hydrogen-bond donors (Lipinski definition) is 0. The van der Waals surface area contributed by atoms with Gasteiger partial charge in [-0.1, -0.05) is 60.7 Å². The molecule has 1 unspecified atom stereocenters. The molecule has 6 heteroatoms. The van der Waals surface area contributed by atoms with Crippen LogP contribution in [0.5, 0.6) is 0 Å². The van der Waals surface area contributed by atoms with E-state index in [1.807, 2.05) is 73.7 Å². The van der Waals surface area contributed by atoms with Gasteiger partial charge in [0.1, 0.15) is 5.58 Å². The molecule has 0 saturated carbocycles. The van der Waals surface area contributed by atoms with Gasteiger partial charge in [-0.25, -0.2) is 8.42 Å². The van der Waals surface area contributed by atoms with E-state index >= 15 is 0 Å². The minimum absolute atomic E-state index is 0.00278. The predicted octanol–water partition coefficient (Wildman–Crippen LogP) is 4.08. The lowest BCUT2D eigenvalue weighted by Gasteiger charge is -2.26.